The van der Waals surface area contributed by atoms with Crippen LogP contribution in [0, 0.1) is 23.7 Å². The maximum absolute atomic E-state index is 11.2. The molecule has 0 aromatic heterocycles. The maximum Gasteiger partial charge on any atom is 0.107 e. The second kappa shape index (κ2) is 8.52. The minimum Gasteiger partial charge on any atom is -0.387 e. The number of halogens is 3. The first-order valence-corrected chi connectivity index (χ1v) is 13.3. The second-order valence-corrected chi connectivity index (χ2v) is 12.5. The molecule has 4 rings (SSSR count). The van der Waals surface area contributed by atoms with Gasteiger partial charge in [0.25, 0.3) is 0 Å². The lowest BCUT2D eigenvalue weighted by atomic mass is 9.60. The van der Waals surface area contributed by atoms with Crippen molar-refractivity contribution in [3.63, 3.8) is 0 Å². The van der Waals surface area contributed by atoms with Crippen molar-refractivity contribution >= 4 is 57.6 Å². The molecule has 0 spiro atoms. The molecule has 4 fully saturated rings. The van der Waals surface area contributed by atoms with Gasteiger partial charge in [-0.2, -0.15) is 11.8 Å². The summed E-state index contributed by atoms with van der Waals surface area (Å²) in [6.45, 7) is 3.45. The molecule has 2 N–H and O–H groups in total. The van der Waals surface area contributed by atoms with Gasteiger partial charge in [-0.3, -0.25) is 0 Å². The first kappa shape index (κ1) is 19.9. The van der Waals surface area contributed by atoms with E-state index in [2.05, 4.69) is 34.4 Å². The topological polar surface area (TPSA) is 24.7 Å². The van der Waals surface area contributed by atoms with Crippen LogP contribution in [-0.2, 0) is 0 Å². The van der Waals surface area contributed by atoms with E-state index in [9.17, 15) is 5.11 Å². The smallest absolute Gasteiger partial charge is 0.107 e. The van der Waals surface area contributed by atoms with Crippen LogP contribution in [-0.4, -0.2) is 56.5 Å². The molecule has 2 heterocycles. The number of fused-ring (bicyclic) bond motifs is 3. The van der Waals surface area contributed by atoms with Gasteiger partial charge >= 0.3 is 0 Å². The van der Waals surface area contributed by atoms with Crippen LogP contribution < -0.4 is 4.90 Å². The van der Waals surface area contributed by atoms with Crippen LogP contribution in [0.4, 0.5) is 0 Å². The number of quaternary nitrogens is 1. The molecule has 25 heavy (non-hydrogen) atoms. The number of rotatable bonds is 3. The summed E-state index contributed by atoms with van der Waals surface area (Å²) in [4.78, 5) is 1.62. The van der Waals surface area contributed by atoms with Gasteiger partial charge in [0.1, 0.15) is 12.6 Å². The van der Waals surface area contributed by atoms with E-state index in [-0.39, 0.29) is 16.9 Å². The summed E-state index contributed by atoms with van der Waals surface area (Å²) in [6, 6.07) is 0. The predicted octanol–water partition coefficient (Wildman–Crippen LogP) is 3.21. The third-order valence-corrected chi connectivity index (χ3v) is 12.5. The van der Waals surface area contributed by atoms with Gasteiger partial charge in [-0.15, -0.1) is 23.2 Å². The highest BCUT2D eigenvalue weighted by Crippen LogP contribution is 2.57. The van der Waals surface area contributed by atoms with E-state index in [0.717, 1.165) is 25.3 Å². The third-order valence-electron chi connectivity index (χ3n) is 7.36. The van der Waals surface area contributed by atoms with Gasteiger partial charge in [-0.1, -0.05) is 22.6 Å². The summed E-state index contributed by atoms with van der Waals surface area (Å²) in [7, 11) is 0. The lowest BCUT2D eigenvalue weighted by Crippen LogP contribution is -3.14. The molecule has 2 aliphatic carbocycles. The molecular formula is C19H31Cl2INOS+. The van der Waals surface area contributed by atoms with Gasteiger partial charge < -0.3 is 10.0 Å². The van der Waals surface area contributed by atoms with Gasteiger partial charge in [0.05, 0.1) is 13.1 Å². The molecule has 6 heteroatoms. The van der Waals surface area contributed by atoms with Crippen molar-refractivity contribution in [1.82, 2.24) is 0 Å². The molecule has 0 aromatic carbocycles. The number of aliphatic hydroxyl groups is 1. The largest absolute Gasteiger partial charge is 0.387 e. The van der Waals surface area contributed by atoms with Gasteiger partial charge in [-0.25, -0.2) is 0 Å². The van der Waals surface area contributed by atoms with Crippen molar-refractivity contribution in [3.05, 3.63) is 0 Å². The minimum absolute atomic E-state index is 0.155. The monoisotopic (exact) mass is 518 g/mol. The fourth-order valence-electron chi connectivity index (χ4n) is 6.09. The van der Waals surface area contributed by atoms with Crippen LogP contribution in [0.2, 0.25) is 0 Å². The number of alkyl halides is 3. The molecule has 4 aliphatic rings. The fraction of sp³-hybridized carbons (Fsp3) is 1.00. The summed E-state index contributed by atoms with van der Waals surface area (Å²) < 4.78 is 0.360. The highest BCUT2D eigenvalue weighted by Gasteiger charge is 2.55. The Bertz CT molecular complexity index is 467. The SMILES string of the molecule is OC(C[NH+]1CCCCC1)C1CC2C(Cl)C(I)C(Cl)CC2C2CCSC12. The normalized spacial score (nSPS) is 49.4. The first-order chi connectivity index (χ1) is 12.1. The van der Waals surface area contributed by atoms with Gasteiger partial charge in [0.2, 0.25) is 0 Å². The van der Waals surface area contributed by atoms with E-state index in [1.807, 2.05) is 0 Å². The Hall–Kier alpha value is 1.58. The Morgan fingerprint density at radius 1 is 1.08 bits per heavy atom. The molecule has 0 bridgehead atoms. The molecular weight excluding hydrogens is 488 g/mol. The van der Waals surface area contributed by atoms with Crippen molar-refractivity contribution in [2.24, 2.45) is 23.7 Å². The second-order valence-electron chi connectivity index (χ2n) is 8.74. The fourth-order valence-corrected chi connectivity index (χ4v) is 9.62. The number of thioether (sulfide) groups is 1. The molecule has 0 amide bonds. The Morgan fingerprint density at radius 2 is 1.84 bits per heavy atom. The van der Waals surface area contributed by atoms with Gasteiger partial charge in [-0.05, 0) is 62.0 Å². The Morgan fingerprint density at radius 3 is 2.60 bits per heavy atom. The highest BCUT2D eigenvalue weighted by atomic mass is 127. The summed E-state index contributed by atoms with van der Waals surface area (Å²) in [6.07, 6.45) is 7.42. The summed E-state index contributed by atoms with van der Waals surface area (Å²) in [5.41, 5.74) is 0. The number of piperidine rings is 1. The van der Waals surface area contributed by atoms with Crippen molar-refractivity contribution < 1.29 is 10.0 Å². The van der Waals surface area contributed by atoms with E-state index >= 15 is 0 Å². The van der Waals surface area contributed by atoms with E-state index in [4.69, 9.17) is 23.2 Å². The molecule has 9 unspecified atom stereocenters. The molecule has 9 atom stereocenters. The summed E-state index contributed by atoms with van der Waals surface area (Å²) in [5, 5.41) is 12.2. The maximum atomic E-state index is 11.2. The van der Waals surface area contributed by atoms with Crippen molar-refractivity contribution in [2.45, 2.75) is 64.6 Å². The van der Waals surface area contributed by atoms with Crippen LogP contribution in [0.25, 0.3) is 0 Å². The number of nitrogens with one attached hydrogen (secondary N) is 1. The van der Waals surface area contributed by atoms with Crippen molar-refractivity contribution in [1.29, 1.82) is 0 Å². The van der Waals surface area contributed by atoms with Crippen LogP contribution in [0.3, 0.4) is 0 Å². The van der Waals surface area contributed by atoms with Crippen LogP contribution in [0.15, 0.2) is 0 Å². The molecule has 0 aromatic rings. The van der Waals surface area contributed by atoms with E-state index in [1.54, 1.807) is 4.90 Å². The molecule has 144 valence electrons. The third kappa shape index (κ3) is 4.01. The van der Waals surface area contributed by atoms with E-state index in [1.165, 1.54) is 44.5 Å². The highest BCUT2D eigenvalue weighted by molar-refractivity contribution is 14.1. The Kier molecular flexibility index (Phi) is 6.78. The number of aliphatic hydroxyl groups excluding tert-OH is 1. The van der Waals surface area contributed by atoms with E-state index < -0.39 is 0 Å². The molecule has 2 nitrogen and oxygen atoms in total. The van der Waals surface area contributed by atoms with Crippen LogP contribution in [0.1, 0.15) is 38.5 Å². The standard InChI is InChI=1S/C19H30Cl2INOS/c20-15-9-12-11-4-7-25-19(11)14(8-13(12)17(21)18(15)22)16(24)10-23-5-2-1-3-6-23/h11-19,24H,1-10H2/p+1. The molecule has 2 saturated carbocycles. The number of likely N-dealkylation sites (tertiary alicyclic amines) is 1. The Balaban J connectivity index is 1.48. The Labute approximate surface area is 180 Å². The number of hydrogen-bond acceptors (Lipinski definition) is 2. The quantitative estimate of drug-likeness (QED) is 0.443. The summed E-state index contributed by atoms with van der Waals surface area (Å²) >= 11 is 18.1. The van der Waals surface area contributed by atoms with Crippen LogP contribution >= 0.6 is 57.6 Å². The number of hydrogen-bond donors (Lipinski definition) is 2. The molecule has 2 saturated heterocycles. The zero-order valence-electron chi connectivity index (χ0n) is 14.8. The lowest BCUT2D eigenvalue weighted by molar-refractivity contribution is -0.908. The first-order valence-electron chi connectivity index (χ1n) is 10.1. The zero-order valence-corrected chi connectivity index (χ0v) is 19.2. The average Bonchev–Trinajstić information content (AvgIpc) is 3.10. The molecule has 2 aliphatic heterocycles. The lowest BCUT2D eigenvalue weighted by Gasteiger charge is -2.51. The van der Waals surface area contributed by atoms with Crippen molar-refractivity contribution in [2.75, 3.05) is 25.4 Å². The van der Waals surface area contributed by atoms with Crippen molar-refractivity contribution in [3.8, 4) is 0 Å². The zero-order chi connectivity index (χ0) is 17.6. The average molecular weight is 519 g/mol. The minimum atomic E-state index is -0.155. The molecule has 0 radical (unpaired) electrons. The summed E-state index contributed by atoms with van der Waals surface area (Å²) in [5.74, 6) is 3.65. The van der Waals surface area contributed by atoms with Gasteiger partial charge in [0.15, 0.2) is 0 Å². The van der Waals surface area contributed by atoms with E-state index in [0.29, 0.717) is 26.9 Å². The van der Waals surface area contributed by atoms with Gasteiger partial charge in [0, 0.05) is 25.8 Å². The van der Waals surface area contributed by atoms with Crippen LogP contribution in [0.5, 0.6) is 0 Å². The predicted molar refractivity (Wildman–Crippen MR) is 117 cm³/mol.